The van der Waals surface area contributed by atoms with Gasteiger partial charge in [0, 0.05) is 0 Å². The van der Waals surface area contributed by atoms with Gasteiger partial charge in [0.25, 0.3) is 0 Å². The first-order chi connectivity index (χ1) is 15.5. The van der Waals surface area contributed by atoms with Gasteiger partial charge in [-0.05, 0) is 85.3 Å². The van der Waals surface area contributed by atoms with Gasteiger partial charge >= 0.3 is 0 Å². The van der Waals surface area contributed by atoms with E-state index in [0.717, 1.165) is 12.8 Å². The maximum absolute atomic E-state index is 2.52. The van der Waals surface area contributed by atoms with Crippen LogP contribution in [0.4, 0.5) is 0 Å². The van der Waals surface area contributed by atoms with Crippen molar-refractivity contribution in [1.29, 1.82) is 0 Å². The second-order valence-electron chi connectivity index (χ2n) is 16.0. The zero-order valence-electron chi connectivity index (χ0n) is 26.0. The van der Waals surface area contributed by atoms with E-state index in [0.29, 0.717) is 0 Å². The van der Waals surface area contributed by atoms with Crippen LogP contribution in [-0.4, -0.2) is 0 Å². The first-order valence-corrected chi connectivity index (χ1v) is 13.8. The summed E-state index contributed by atoms with van der Waals surface area (Å²) in [5.41, 5.74) is 11.3. The van der Waals surface area contributed by atoms with Crippen LogP contribution < -0.4 is 0 Å². The summed E-state index contributed by atoms with van der Waals surface area (Å²) in [6, 6.07) is 12.3. The van der Waals surface area contributed by atoms with E-state index >= 15 is 0 Å². The predicted molar refractivity (Wildman–Crippen MR) is 158 cm³/mol. The summed E-state index contributed by atoms with van der Waals surface area (Å²) in [6.45, 7) is 35.4. The molecule has 0 aliphatic rings. The quantitative estimate of drug-likeness (QED) is 0.411. The largest absolute Gasteiger partial charge is 0.0582 e. The van der Waals surface area contributed by atoms with Crippen molar-refractivity contribution in [3.05, 3.63) is 69.3 Å². The molecule has 0 heteroatoms. The molecule has 0 unspecified atom stereocenters. The summed E-state index contributed by atoms with van der Waals surface area (Å²) in [5, 5.41) is 0. The number of hydrogen-bond acceptors (Lipinski definition) is 0. The summed E-state index contributed by atoms with van der Waals surface area (Å²) in [6.07, 6.45) is 3.44. The molecule has 0 aromatic heterocycles. The van der Waals surface area contributed by atoms with Crippen molar-refractivity contribution in [3.63, 3.8) is 0 Å². The summed E-state index contributed by atoms with van der Waals surface area (Å²) >= 11 is 0. The molecule has 0 amide bonds. The topological polar surface area (TPSA) is 0 Å². The van der Waals surface area contributed by atoms with Crippen LogP contribution in [0.5, 0.6) is 0 Å². The monoisotopic (exact) mass is 476 g/mol. The van der Waals surface area contributed by atoms with Crippen LogP contribution in [0.1, 0.15) is 149 Å². The molecule has 0 N–H and O–H groups in total. The number of benzene rings is 2. The average Bonchev–Trinajstić information content (AvgIpc) is 2.63. The molecule has 2 aromatic rings. The highest BCUT2D eigenvalue weighted by molar-refractivity contribution is 5.48. The highest BCUT2D eigenvalue weighted by Crippen LogP contribution is 2.39. The Morgan fingerprint density at radius 3 is 1.23 bits per heavy atom. The Kier molecular flexibility index (Phi) is 8.24. The van der Waals surface area contributed by atoms with Gasteiger partial charge in [-0.1, -0.05) is 134 Å². The van der Waals surface area contributed by atoms with Crippen molar-refractivity contribution < 1.29 is 0 Å². The molecule has 0 bridgehead atoms. The second kappa shape index (κ2) is 9.72. The van der Waals surface area contributed by atoms with Gasteiger partial charge in [0.2, 0.25) is 0 Å². The van der Waals surface area contributed by atoms with E-state index in [2.05, 4.69) is 134 Å². The fourth-order valence-electron chi connectivity index (χ4n) is 5.17. The van der Waals surface area contributed by atoms with Crippen LogP contribution in [0.15, 0.2) is 30.3 Å². The maximum atomic E-state index is 2.52. The number of hydrogen-bond donors (Lipinski definition) is 0. The van der Waals surface area contributed by atoms with E-state index in [1.54, 1.807) is 5.56 Å². The van der Waals surface area contributed by atoms with Crippen LogP contribution >= 0.6 is 0 Å². The fraction of sp³-hybridized carbons (Fsp3) is 0.657. The predicted octanol–water partition coefficient (Wildman–Crippen LogP) is 10.3. The Bertz CT molecular complexity index is 977. The maximum Gasteiger partial charge on any atom is -0.0129 e. The minimum Gasteiger partial charge on any atom is -0.0582 e. The Morgan fingerprint density at radius 2 is 0.857 bits per heavy atom. The minimum absolute atomic E-state index is 0.124. The number of rotatable bonds is 4. The van der Waals surface area contributed by atoms with Gasteiger partial charge < -0.3 is 0 Å². The van der Waals surface area contributed by atoms with Gasteiger partial charge in [-0.15, -0.1) is 0 Å². The van der Waals surface area contributed by atoms with E-state index in [1.807, 2.05) is 0 Å². The standard InChI is InChI=1S/C35H56/c1-31(2,3)25-19-20-28(33(7,8)9)24(21-25)17-16-18-27-29(34(10,11)12)22-26(32(4,5)6)23-30(27)35(13,14)15/h19-23H,16-18H2,1-15H3. The van der Waals surface area contributed by atoms with Crippen molar-refractivity contribution in [2.75, 3.05) is 0 Å². The number of aryl methyl sites for hydroxylation is 1. The molecular weight excluding hydrogens is 420 g/mol. The molecule has 0 aliphatic carbocycles. The van der Waals surface area contributed by atoms with Crippen molar-refractivity contribution in [1.82, 2.24) is 0 Å². The lowest BCUT2D eigenvalue weighted by Crippen LogP contribution is -2.24. The summed E-state index contributed by atoms with van der Waals surface area (Å²) in [5.74, 6) is 0. The highest BCUT2D eigenvalue weighted by atomic mass is 14.3. The van der Waals surface area contributed by atoms with Gasteiger partial charge in [-0.25, -0.2) is 0 Å². The van der Waals surface area contributed by atoms with Crippen molar-refractivity contribution >= 4 is 0 Å². The molecule has 0 saturated heterocycles. The zero-order valence-corrected chi connectivity index (χ0v) is 26.0. The van der Waals surface area contributed by atoms with Gasteiger partial charge in [0.15, 0.2) is 0 Å². The molecule has 0 fully saturated rings. The molecule has 2 rings (SSSR count). The molecule has 0 saturated carbocycles. The SMILES string of the molecule is CC(C)(C)c1ccc(C(C)(C)C)c(CCCc2c(C(C)(C)C)cc(C(C)(C)C)cc2C(C)(C)C)c1. The molecule has 35 heavy (non-hydrogen) atoms. The third-order valence-corrected chi connectivity index (χ3v) is 7.38. The first-order valence-electron chi connectivity index (χ1n) is 13.8. The van der Waals surface area contributed by atoms with E-state index < -0.39 is 0 Å². The Hall–Kier alpha value is -1.56. The normalized spacial score (nSPS) is 13.9. The highest BCUT2D eigenvalue weighted by Gasteiger charge is 2.29. The summed E-state index contributed by atoms with van der Waals surface area (Å²) < 4.78 is 0. The van der Waals surface area contributed by atoms with E-state index in [1.165, 1.54) is 39.8 Å². The minimum atomic E-state index is 0.124. The molecule has 0 radical (unpaired) electrons. The van der Waals surface area contributed by atoms with Gasteiger partial charge in [-0.3, -0.25) is 0 Å². The summed E-state index contributed by atoms with van der Waals surface area (Å²) in [4.78, 5) is 0. The molecule has 0 atom stereocenters. The lowest BCUT2D eigenvalue weighted by Gasteiger charge is -2.34. The summed E-state index contributed by atoms with van der Waals surface area (Å²) in [7, 11) is 0. The van der Waals surface area contributed by atoms with Crippen LogP contribution in [0, 0.1) is 0 Å². The van der Waals surface area contributed by atoms with Gasteiger partial charge in [0.05, 0.1) is 0 Å². The van der Waals surface area contributed by atoms with E-state index in [9.17, 15) is 0 Å². The smallest absolute Gasteiger partial charge is 0.0129 e. The lowest BCUT2D eigenvalue weighted by molar-refractivity contribution is 0.534. The van der Waals surface area contributed by atoms with Crippen molar-refractivity contribution in [3.8, 4) is 0 Å². The van der Waals surface area contributed by atoms with E-state index in [-0.39, 0.29) is 27.1 Å². The van der Waals surface area contributed by atoms with Crippen molar-refractivity contribution in [2.45, 2.75) is 150 Å². The van der Waals surface area contributed by atoms with Crippen molar-refractivity contribution in [2.24, 2.45) is 0 Å². The third-order valence-electron chi connectivity index (χ3n) is 7.38. The van der Waals surface area contributed by atoms with Crippen LogP contribution in [0.25, 0.3) is 0 Å². The van der Waals surface area contributed by atoms with Gasteiger partial charge in [0.1, 0.15) is 0 Å². The average molecular weight is 477 g/mol. The molecule has 0 heterocycles. The fourth-order valence-corrected chi connectivity index (χ4v) is 5.17. The lowest BCUT2D eigenvalue weighted by atomic mass is 9.71. The Morgan fingerprint density at radius 1 is 0.429 bits per heavy atom. The second-order valence-corrected chi connectivity index (χ2v) is 16.0. The third kappa shape index (κ3) is 7.47. The Balaban J connectivity index is 2.56. The molecular formula is C35H56. The molecule has 0 nitrogen and oxygen atoms in total. The van der Waals surface area contributed by atoms with Crippen LogP contribution in [-0.2, 0) is 39.9 Å². The molecule has 196 valence electrons. The molecule has 0 aliphatic heterocycles. The zero-order chi connectivity index (χ0) is 27.2. The molecule has 2 aromatic carbocycles. The van der Waals surface area contributed by atoms with Crippen LogP contribution in [0.3, 0.4) is 0 Å². The van der Waals surface area contributed by atoms with Crippen LogP contribution in [0.2, 0.25) is 0 Å². The Labute approximate surface area is 219 Å². The first kappa shape index (κ1) is 29.7. The van der Waals surface area contributed by atoms with Gasteiger partial charge in [-0.2, -0.15) is 0 Å². The van der Waals surface area contributed by atoms with E-state index in [4.69, 9.17) is 0 Å². The molecule has 0 spiro atoms.